The van der Waals surface area contributed by atoms with Crippen LogP contribution in [0.5, 0.6) is 0 Å². The molecule has 1 heterocycles. The lowest BCUT2D eigenvalue weighted by molar-refractivity contribution is -0.149. The number of benzene rings is 2. The first-order valence-electron chi connectivity index (χ1n) is 11.1. The number of likely N-dealkylation sites (tertiary alicyclic amines) is 1. The zero-order valence-electron chi connectivity index (χ0n) is 19.1. The second-order valence-corrected chi connectivity index (χ2v) is 11.5. The third-order valence-electron chi connectivity index (χ3n) is 6.78. The lowest BCUT2D eigenvalue weighted by atomic mass is 9.91. The number of aliphatic hydroxyl groups is 1. The fourth-order valence-electron chi connectivity index (χ4n) is 4.85. The Bertz CT molecular complexity index is 1240. The van der Waals surface area contributed by atoms with Crippen LogP contribution in [0.15, 0.2) is 42.5 Å². The van der Waals surface area contributed by atoms with Crippen molar-refractivity contribution < 1.29 is 35.9 Å². The molecule has 2 aliphatic rings. The van der Waals surface area contributed by atoms with Gasteiger partial charge in [0.05, 0.1) is 6.04 Å². The smallest absolute Gasteiger partial charge is 0.350 e. The summed E-state index contributed by atoms with van der Waals surface area (Å²) in [6.45, 7) is 2.59. The van der Waals surface area contributed by atoms with Crippen LogP contribution in [-0.4, -0.2) is 54.3 Å². The number of nitrogens with one attached hydrogen (secondary N) is 1. The van der Waals surface area contributed by atoms with E-state index >= 15 is 4.39 Å². The van der Waals surface area contributed by atoms with Gasteiger partial charge in [-0.25, -0.2) is 21.9 Å². The maximum absolute atomic E-state index is 15.6. The minimum atomic E-state index is -5.01. The zero-order chi connectivity index (χ0) is 25.8. The summed E-state index contributed by atoms with van der Waals surface area (Å²) in [5, 5.41) is 10.3. The highest BCUT2D eigenvalue weighted by Crippen LogP contribution is 2.56. The van der Waals surface area contributed by atoms with Gasteiger partial charge in [-0.3, -0.25) is 4.79 Å². The Morgan fingerprint density at radius 1 is 1.20 bits per heavy atom. The molecule has 1 aliphatic carbocycles. The van der Waals surface area contributed by atoms with Crippen molar-refractivity contribution in [2.45, 2.75) is 56.6 Å². The summed E-state index contributed by atoms with van der Waals surface area (Å²) in [4.78, 5) is 14.3. The molecule has 1 saturated heterocycles. The molecule has 190 valence electrons. The highest BCUT2D eigenvalue weighted by atomic mass is 32.2. The molecule has 1 spiro atoms. The standard InChI is InChI=1S/C24H26F4N2O4S/c1-23(2,32)21(31)30-13-24(9-10-24)20(29-35(33,34)22(27)28)18(30)12-15-6-4-8-17(19(15)26)14-5-3-7-16(25)11-14/h3-8,11,18,20,22,29,32H,9-10,12-13H2,1-2H3/t18-,20+/m0/s1. The van der Waals surface area contributed by atoms with Gasteiger partial charge in [0.25, 0.3) is 15.9 Å². The Morgan fingerprint density at radius 2 is 1.86 bits per heavy atom. The van der Waals surface area contributed by atoms with Gasteiger partial charge in [0.1, 0.15) is 17.2 Å². The Kier molecular flexibility index (Phi) is 6.48. The maximum Gasteiger partial charge on any atom is 0.350 e. The van der Waals surface area contributed by atoms with Crippen LogP contribution in [0.3, 0.4) is 0 Å². The van der Waals surface area contributed by atoms with Gasteiger partial charge in [0.2, 0.25) is 0 Å². The van der Waals surface area contributed by atoms with E-state index in [2.05, 4.69) is 4.72 Å². The monoisotopic (exact) mass is 514 g/mol. The molecule has 2 atom stereocenters. The van der Waals surface area contributed by atoms with E-state index < -0.39 is 56.4 Å². The van der Waals surface area contributed by atoms with Crippen LogP contribution in [-0.2, 0) is 21.2 Å². The van der Waals surface area contributed by atoms with E-state index in [0.29, 0.717) is 12.8 Å². The van der Waals surface area contributed by atoms with Crippen LogP contribution in [0.2, 0.25) is 0 Å². The first-order valence-corrected chi connectivity index (χ1v) is 12.7. The number of nitrogens with zero attached hydrogens (tertiary/aromatic N) is 1. The third-order valence-corrected chi connectivity index (χ3v) is 7.83. The predicted octanol–water partition coefficient (Wildman–Crippen LogP) is 3.45. The molecule has 6 nitrogen and oxygen atoms in total. The van der Waals surface area contributed by atoms with Gasteiger partial charge < -0.3 is 10.0 Å². The van der Waals surface area contributed by atoms with E-state index in [1.165, 1.54) is 55.1 Å². The fraction of sp³-hybridized carbons (Fsp3) is 0.458. The molecule has 4 rings (SSSR count). The lowest BCUT2D eigenvalue weighted by Gasteiger charge is -2.32. The molecule has 1 amide bonds. The van der Waals surface area contributed by atoms with Gasteiger partial charge in [-0.05, 0) is 56.4 Å². The van der Waals surface area contributed by atoms with E-state index in [1.807, 2.05) is 0 Å². The van der Waals surface area contributed by atoms with E-state index in [0.717, 1.165) is 0 Å². The van der Waals surface area contributed by atoms with Crippen LogP contribution in [0, 0.1) is 17.0 Å². The minimum absolute atomic E-state index is 0.0438. The van der Waals surface area contributed by atoms with Crippen molar-refractivity contribution in [3.63, 3.8) is 0 Å². The van der Waals surface area contributed by atoms with Gasteiger partial charge in [-0.1, -0.05) is 30.3 Å². The first kappa shape index (κ1) is 25.6. The summed E-state index contributed by atoms with van der Waals surface area (Å²) in [5.74, 6) is -5.64. The lowest BCUT2D eigenvalue weighted by Crippen LogP contribution is -2.53. The molecule has 0 radical (unpaired) electrons. The van der Waals surface area contributed by atoms with Crippen molar-refractivity contribution in [1.82, 2.24) is 9.62 Å². The van der Waals surface area contributed by atoms with E-state index in [4.69, 9.17) is 0 Å². The SMILES string of the molecule is CC(C)(O)C(=O)N1CC2(CC2)[C@H](NS(=O)(=O)C(F)F)[C@@H]1Cc1cccc(-c2cccc(F)c2)c1F. The van der Waals surface area contributed by atoms with E-state index in [1.54, 1.807) is 6.07 Å². The number of sulfonamides is 1. The summed E-state index contributed by atoms with van der Waals surface area (Å²) >= 11 is 0. The van der Waals surface area contributed by atoms with Crippen molar-refractivity contribution in [2.24, 2.45) is 5.41 Å². The number of alkyl halides is 2. The summed E-state index contributed by atoms with van der Waals surface area (Å²) in [7, 11) is -5.01. The zero-order valence-corrected chi connectivity index (χ0v) is 20.0. The number of hydrogen-bond acceptors (Lipinski definition) is 4. The Balaban J connectivity index is 1.75. The molecule has 35 heavy (non-hydrogen) atoms. The highest BCUT2D eigenvalue weighted by molar-refractivity contribution is 7.89. The molecule has 2 N–H and O–H groups in total. The van der Waals surface area contributed by atoms with Crippen molar-refractivity contribution >= 4 is 15.9 Å². The van der Waals surface area contributed by atoms with Crippen molar-refractivity contribution in [3.05, 3.63) is 59.7 Å². The molecular formula is C24H26F4N2O4S. The fourth-order valence-corrected chi connectivity index (χ4v) is 5.71. The number of carbonyl (C=O) groups excluding carboxylic acids is 1. The Labute approximate surface area is 201 Å². The second kappa shape index (κ2) is 8.86. The van der Waals surface area contributed by atoms with E-state index in [-0.39, 0.29) is 29.7 Å². The van der Waals surface area contributed by atoms with Gasteiger partial charge in [-0.2, -0.15) is 8.78 Å². The molecule has 2 aromatic rings. The van der Waals surface area contributed by atoms with Gasteiger partial charge >= 0.3 is 5.76 Å². The van der Waals surface area contributed by atoms with Crippen molar-refractivity contribution in [1.29, 1.82) is 0 Å². The van der Waals surface area contributed by atoms with Gasteiger partial charge in [0.15, 0.2) is 0 Å². The average molecular weight is 515 g/mol. The molecule has 0 aromatic heterocycles. The quantitative estimate of drug-likeness (QED) is 0.555. The molecule has 2 aromatic carbocycles. The second-order valence-electron chi connectivity index (χ2n) is 9.82. The Morgan fingerprint density at radius 3 is 2.43 bits per heavy atom. The third kappa shape index (κ3) is 4.94. The van der Waals surface area contributed by atoms with Crippen LogP contribution in [0.1, 0.15) is 32.3 Å². The largest absolute Gasteiger partial charge is 0.381 e. The summed E-state index contributed by atoms with van der Waals surface area (Å²) < 4.78 is 82.0. The molecular weight excluding hydrogens is 488 g/mol. The molecule has 11 heteroatoms. The number of carbonyl (C=O) groups is 1. The maximum atomic E-state index is 15.6. The minimum Gasteiger partial charge on any atom is -0.381 e. The topological polar surface area (TPSA) is 86.7 Å². The number of rotatable bonds is 7. The molecule has 1 saturated carbocycles. The van der Waals surface area contributed by atoms with Crippen LogP contribution >= 0.6 is 0 Å². The normalized spacial score (nSPS) is 21.7. The van der Waals surface area contributed by atoms with Crippen LogP contribution in [0.4, 0.5) is 17.6 Å². The van der Waals surface area contributed by atoms with Crippen LogP contribution in [0.25, 0.3) is 11.1 Å². The first-order chi connectivity index (χ1) is 16.2. The van der Waals surface area contributed by atoms with E-state index in [9.17, 15) is 31.5 Å². The number of amides is 1. The molecule has 1 aliphatic heterocycles. The van der Waals surface area contributed by atoms with Gasteiger partial charge in [0, 0.05) is 23.6 Å². The summed E-state index contributed by atoms with van der Waals surface area (Å²) in [6.07, 6.45) is 0.776. The predicted molar refractivity (Wildman–Crippen MR) is 121 cm³/mol. The summed E-state index contributed by atoms with van der Waals surface area (Å²) in [5.41, 5.74) is -2.10. The number of halogens is 4. The molecule has 0 unspecified atom stereocenters. The van der Waals surface area contributed by atoms with Crippen molar-refractivity contribution in [2.75, 3.05) is 6.54 Å². The van der Waals surface area contributed by atoms with Crippen molar-refractivity contribution in [3.8, 4) is 11.1 Å². The summed E-state index contributed by atoms with van der Waals surface area (Å²) in [6, 6.07) is 7.68. The van der Waals surface area contributed by atoms with Gasteiger partial charge in [-0.15, -0.1) is 0 Å². The highest BCUT2D eigenvalue weighted by Gasteiger charge is 2.62. The Hall–Kier alpha value is -2.50. The molecule has 2 fully saturated rings. The number of hydrogen-bond donors (Lipinski definition) is 2. The van der Waals surface area contributed by atoms with Crippen LogP contribution < -0.4 is 4.72 Å². The molecule has 0 bridgehead atoms. The average Bonchev–Trinajstić information content (AvgIpc) is 3.49.